The predicted octanol–water partition coefficient (Wildman–Crippen LogP) is 3.43. The Labute approximate surface area is 135 Å². The first-order valence-electron chi connectivity index (χ1n) is 6.92. The Bertz CT molecular complexity index is 1020. The number of methoxy groups -OCH3 is 1. The zero-order chi connectivity index (χ0) is 15.8. The number of fused-ring (bicyclic) bond motifs is 2. The molecule has 6 nitrogen and oxygen atoms in total. The van der Waals surface area contributed by atoms with Gasteiger partial charge in [-0.2, -0.15) is 0 Å². The number of aromatic amines is 1. The first-order valence-corrected chi connectivity index (χ1v) is 7.74. The molecular formula is C16H12N4O2S. The summed E-state index contributed by atoms with van der Waals surface area (Å²) in [5.41, 5.74) is 3.04. The van der Waals surface area contributed by atoms with Gasteiger partial charge in [-0.05, 0) is 36.4 Å². The highest BCUT2D eigenvalue weighted by Crippen LogP contribution is 2.29. The van der Waals surface area contributed by atoms with Crippen molar-refractivity contribution in [3.8, 4) is 5.75 Å². The fourth-order valence-electron chi connectivity index (χ4n) is 2.33. The summed E-state index contributed by atoms with van der Waals surface area (Å²) in [5, 5.41) is 3.39. The van der Waals surface area contributed by atoms with Crippen molar-refractivity contribution in [2.24, 2.45) is 0 Å². The van der Waals surface area contributed by atoms with Crippen LogP contribution in [0.1, 0.15) is 10.4 Å². The Morgan fingerprint density at radius 1 is 1.22 bits per heavy atom. The molecule has 23 heavy (non-hydrogen) atoms. The van der Waals surface area contributed by atoms with E-state index in [2.05, 4.69) is 20.3 Å². The second kappa shape index (κ2) is 5.36. The van der Waals surface area contributed by atoms with Gasteiger partial charge in [0.15, 0.2) is 5.13 Å². The number of aromatic nitrogens is 3. The van der Waals surface area contributed by atoms with Crippen molar-refractivity contribution < 1.29 is 9.53 Å². The summed E-state index contributed by atoms with van der Waals surface area (Å²) in [6.45, 7) is 0. The Balaban J connectivity index is 1.62. The molecule has 2 aromatic heterocycles. The van der Waals surface area contributed by atoms with Gasteiger partial charge in [-0.1, -0.05) is 11.3 Å². The van der Waals surface area contributed by atoms with Gasteiger partial charge in [-0.3, -0.25) is 10.1 Å². The molecule has 0 spiro atoms. The predicted molar refractivity (Wildman–Crippen MR) is 90.2 cm³/mol. The highest BCUT2D eigenvalue weighted by molar-refractivity contribution is 7.22. The van der Waals surface area contributed by atoms with Crippen LogP contribution in [-0.2, 0) is 0 Å². The number of amides is 1. The van der Waals surface area contributed by atoms with E-state index in [4.69, 9.17) is 4.74 Å². The molecule has 0 radical (unpaired) electrons. The third-order valence-electron chi connectivity index (χ3n) is 3.50. The second-order valence-electron chi connectivity index (χ2n) is 4.94. The molecule has 0 saturated heterocycles. The molecule has 2 aromatic carbocycles. The van der Waals surface area contributed by atoms with Gasteiger partial charge in [-0.15, -0.1) is 0 Å². The van der Waals surface area contributed by atoms with Crippen LogP contribution in [0.15, 0.2) is 42.7 Å². The van der Waals surface area contributed by atoms with E-state index < -0.39 is 0 Å². The molecule has 0 bridgehead atoms. The molecule has 0 aliphatic heterocycles. The minimum atomic E-state index is -0.201. The van der Waals surface area contributed by atoms with E-state index in [0.29, 0.717) is 10.7 Å². The minimum Gasteiger partial charge on any atom is -0.497 e. The maximum Gasteiger partial charge on any atom is 0.257 e. The lowest BCUT2D eigenvalue weighted by Crippen LogP contribution is -2.11. The van der Waals surface area contributed by atoms with Crippen LogP contribution in [0.3, 0.4) is 0 Å². The van der Waals surface area contributed by atoms with Crippen LogP contribution in [0.5, 0.6) is 5.75 Å². The second-order valence-corrected chi connectivity index (χ2v) is 5.97. The molecule has 0 saturated carbocycles. The average Bonchev–Trinajstić information content (AvgIpc) is 3.18. The van der Waals surface area contributed by atoms with Crippen LogP contribution in [0.2, 0.25) is 0 Å². The van der Waals surface area contributed by atoms with E-state index in [1.54, 1.807) is 25.6 Å². The monoisotopic (exact) mass is 324 g/mol. The average molecular weight is 324 g/mol. The summed E-state index contributed by atoms with van der Waals surface area (Å²) in [5.74, 6) is 0.566. The van der Waals surface area contributed by atoms with Gasteiger partial charge in [0.1, 0.15) is 5.75 Å². The van der Waals surface area contributed by atoms with Crippen molar-refractivity contribution in [1.82, 2.24) is 15.0 Å². The van der Waals surface area contributed by atoms with Crippen molar-refractivity contribution in [1.29, 1.82) is 0 Å². The maximum absolute atomic E-state index is 12.4. The van der Waals surface area contributed by atoms with Gasteiger partial charge >= 0.3 is 0 Å². The number of imidazole rings is 1. The topological polar surface area (TPSA) is 79.9 Å². The minimum absolute atomic E-state index is 0.201. The van der Waals surface area contributed by atoms with Gasteiger partial charge in [0.05, 0.1) is 34.7 Å². The van der Waals surface area contributed by atoms with Gasteiger partial charge in [0.25, 0.3) is 5.91 Å². The number of anilines is 1. The van der Waals surface area contributed by atoms with Gasteiger partial charge in [0, 0.05) is 5.56 Å². The third kappa shape index (κ3) is 2.51. The summed E-state index contributed by atoms with van der Waals surface area (Å²) < 4.78 is 6.16. The summed E-state index contributed by atoms with van der Waals surface area (Å²) in [4.78, 5) is 23.9. The number of H-pyrrole nitrogens is 1. The summed E-state index contributed by atoms with van der Waals surface area (Å²) >= 11 is 1.41. The number of carbonyl (C=O) groups is 1. The number of rotatable bonds is 3. The van der Waals surface area contributed by atoms with Crippen molar-refractivity contribution in [2.45, 2.75) is 0 Å². The SMILES string of the molecule is COc1ccc2nc(NC(=O)c3ccc4nc[nH]c4c3)sc2c1. The van der Waals surface area contributed by atoms with Crippen molar-refractivity contribution in [3.05, 3.63) is 48.3 Å². The molecule has 4 rings (SSSR count). The molecule has 7 heteroatoms. The fraction of sp³-hybridized carbons (Fsp3) is 0.0625. The van der Waals surface area contributed by atoms with Crippen molar-refractivity contribution in [3.63, 3.8) is 0 Å². The van der Waals surface area contributed by atoms with Gasteiger partial charge in [-0.25, -0.2) is 9.97 Å². The molecule has 114 valence electrons. The first kappa shape index (κ1) is 13.7. The maximum atomic E-state index is 12.4. The van der Waals surface area contributed by atoms with E-state index >= 15 is 0 Å². The fourth-order valence-corrected chi connectivity index (χ4v) is 3.22. The molecule has 0 atom stereocenters. The van der Waals surface area contributed by atoms with Crippen LogP contribution in [-0.4, -0.2) is 28.0 Å². The number of nitrogens with zero attached hydrogens (tertiary/aromatic N) is 2. The first-order chi connectivity index (χ1) is 11.2. The molecular weight excluding hydrogens is 312 g/mol. The van der Waals surface area contributed by atoms with Crippen LogP contribution in [0, 0.1) is 0 Å². The lowest BCUT2D eigenvalue weighted by Gasteiger charge is -2.01. The summed E-state index contributed by atoms with van der Waals surface area (Å²) in [7, 11) is 1.62. The molecule has 1 amide bonds. The molecule has 2 N–H and O–H groups in total. The normalized spacial score (nSPS) is 11.0. The molecule has 0 fully saturated rings. The number of nitrogens with one attached hydrogen (secondary N) is 2. The van der Waals surface area contributed by atoms with Gasteiger partial charge in [0.2, 0.25) is 0 Å². The zero-order valence-corrected chi connectivity index (χ0v) is 13.0. The van der Waals surface area contributed by atoms with Crippen LogP contribution in [0.4, 0.5) is 5.13 Å². The lowest BCUT2D eigenvalue weighted by atomic mass is 10.2. The molecule has 2 heterocycles. The Kier molecular flexibility index (Phi) is 3.20. The Morgan fingerprint density at radius 3 is 2.96 bits per heavy atom. The lowest BCUT2D eigenvalue weighted by molar-refractivity contribution is 0.102. The van der Waals surface area contributed by atoms with Gasteiger partial charge < -0.3 is 9.72 Å². The van der Waals surface area contributed by atoms with Crippen LogP contribution >= 0.6 is 11.3 Å². The van der Waals surface area contributed by atoms with E-state index in [9.17, 15) is 4.79 Å². The number of carbonyl (C=O) groups excluding carboxylic acids is 1. The standard InChI is InChI=1S/C16H12N4O2S/c1-22-10-3-5-12-14(7-10)23-16(19-12)20-15(21)9-2-4-11-13(6-9)18-8-17-11/h2-8H,1H3,(H,17,18)(H,19,20,21). The van der Waals surface area contributed by atoms with E-state index in [1.807, 2.05) is 24.3 Å². The summed E-state index contributed by atoms with van der Waals surface area (Å²) in [6.07, 6.45) is 1.60. The molecule has 0 unspecified atom stereocenters. The number of hydrogen-bond donors (Lipinski definition) is 2. The van der Waals surface area contributed by atoms with Crippen molar-refractivity contribution >= 4 is 43.6 Å². The van der Waals surface area contributed by atoms with E-state index in [-0.39, 0.29) is 5.91 Å². The number of hydrogen-bond acceptors (Lipinski definition) is 5. The van der Waals surface area contributed by atoms with E-state index in [1.165, 1.54) is 11.3 Å². The number of thiazole rings is 1. The Morgan fingerprint density at radius 2 is 2.09 bits per heavy atom. The smallest absolute Gasteiger partial charge is 0.257 e. The van der Waals surface area contributed by atoms with E-state index in [0.717, 1.165) is 27.0 Å². The molecule has 0 aliphatic carbocycles. The largest absolute Gasteiger partial charge is 0.497 e. The third-order valence-corrected chi connectivity index (χ3v) is 4.43. The van der Waals surface area contributed by atoms with Crippen molar-refractivity contribution in [2.75, 3.05) is 12.4 Å². The summed E-state index contributed by atoms with van der Waals surface area (Å²) in [6, 6.07) is 10.9. The van der Waals surface area contributed by atoms with Crippen LogP contribution in [0.25, 0.3) is 21.3 Å². The Hall–Kier alpha value is -2.93. The number of benzene rings is 2. The molecule has 0 aliphatic rings. The molecule has 4 aromatic rings. The highest BCUT2D eigenvalue weighted by atomic mass is 32.1. The quantitative estimate of drug-likeness (QED) is 0.605. The number of ether oxygens (including phenoxy) is 1. The van der Waals surface area contributed by atoms with Crippen LogP contribution < -0.4 is 10.1 Å². The zero-order valence-electron chi connectivity index (χ0n) is 12.2. The highest BCUT2D eigenvalue weighted by Gasteiger charge is 2.11.